The number of fused-ring (bicyclic) bond motifs is 9. The molecule has 0 bridgehead atoms. The fourth-order valence-electron chi connectivity index (χ4n) is 8.61. The van der Waals surface area contributed by atoms with Gasteiger partial charge in [-0.05, 0) is 115 Å². The van der Waals surface area contributed by atoms with Crippen molar-refractivity contribution in [3.8, 4) is 16.8 Å². The van der Waals surface area contributed by atoms with Crippen LogP contribution in [0.4, 0.5) is 17.1 Å². The molecular formula is C52H34N2. The van der Waals surface area contributed by atoms with Crippen molar-refractivity contribution in [2.24, 2.45) is 0 Å². The number of anilines is 3. The Labute approximate surface area is 313 Å². The third-order valence-corrected chi connectivity index (χ3v) is 11.1. The van der Waals surface area contributed by atoms with Gasteiger partial charge in [0.2, 0.25) is 0 Å². The van der Waals surface area contributed by atoms with E-state index in [4.69, 9.17) is 0 Å². The normalized spacial score (nSPS) is 11.7. The highest BCUT2D eigenvalue weighted by molar-refractivity contribution is 6.13. The van der Waals surface area contributed by atoms with Crippen molar-refractivity contribution < 1.29 is 0 Å². The summed E-state index contributed by atoms with van der Waals surface area (Å²) >= 11 is 0. The first-order chi connectivity index (χ1) is 26.8. The minimum Gasteiger partial charge on any atom is -0.310 e. The average Bonchev–Trinajstić information content (AvgIpc) is 3.58. The van der Waals surface area contributed by atoms with Gasteiger partial charge in [-0.3, -0.25) is 0 Å². The molecule has 10 aromatic carbocycles. The van der Waals surface area contributed by atoms with Crippen LogP contribution < -0.4 is 4.90 Å². The highest BCUT2D eigenvalue weighted by Crippen LogP contribution is 2.42. The van der Waals surface area contributed by atoms with Gasteiger partial charge < -0.3 is 9.47 Å². The molecule has 2 nitrogen and oxygen atoms in total. The maximum atomic E-state index is 2.41. The molecule has 0 aliphatic rings. The van der Waals surface area contributed by atoms with Gasteiger partial charge in [-0.1, -0.05) is 146 Å². The third-order valence-electron chi connectivity index (χ3n) is 11.1. The van der Waals surface area contributed by atoms with Crippen molar-refractivity contribution in [2.45, 2.75) is 0 Å². The fraction of sp³-hybridized carbons (Fsp3) is 0. The predicted molar refractivity (Wildman–Crippen MR) is 231 cm³/mol. The highest BCUT2D eigenvalue weighted by Gasteiger charge is 2.18. The molecule has 11 aromatic rings. The zero-order valence-electron chi connectivity index (χ0n) is 29.5. The number of rotatable bonds is 5. The summed E-state index contributed by atoms with van der Waals surface area (Å²) in [5.74, 6) is 0. The molecule has 0 N–H and O–H groups in total. The molecule has 252 valence electrons. The van der Waals surface area contributed by atoms with Gasteiger partial charge >= 0.3 is 0 Å². The molecule has 0 atom stereocenters. The molecule has 0 amide bonds. The number of hydrogen-bond acceptors (Lipinski definition) is 1. The Bertz CT molecular complexity index is 3210. The topological polar surface area (TPSA) is 8.17 Å². The number of aromatic nitrogens is 1. The Morgan fingerprint density at radius 2 is 0.833 bits per heavy atom. The molecule has 1 heterocycles. The van der Waals surface area contributed by atoms with E-state index in [0.717, 1.165) is 22.7 Å². The summed E-state index contributed by atoms with van der Waals surface area (Å²) in [6.45, 7) is 0. The molecule has 0 spiro atoms. The summed E-state index contributed by atoms with van der Waals surface area (Å²) in [5.41, 5.74) is 9.33. The highest BCUT2D eigenvalue weighted by atomic mass is 15.1. The van der Waals surface area contributed by atoms with Crippen molar-refractivity contribution in [3.63, 3.8) is 0 Å². The molecule has 0 unspecified atom stereocenters. The maximum absolute atomic E-state index is 2.41. The number of para-hydroxylation sites is 2. The summed E-state index contributed by atoms with van der Waals surface area (Å²) in [6.07, 6.45) is 0. The van der Waals surface area contributed by atoms with Crippen LogP contribution >= 0.6 is 0 Å². The van der Waals surface area contributed by atoms with Crippen molar-refractivity contribution in [3.05, 3.63) is 206 Å². The maximum Gasteiger partial charge on any atom is 0.0542 e. The Balaban J connectivity index is 1.11. The molecule has 54 heavy (non-hydrogen) atoms. The second-order valence-electron chi connectivity index (χ2n) is 14.2. The minimum atomic E-state index is 1.11. The zero-order chi connectivity index (χ0) is 35.6. The van der Waals surface area contributed by atoms with E-state index in [0.29, 0.717) is 0 Å². The molecule has 11 rings (SSSR count). The summed E-state index contributed by atoms with van der Waals surface area (Å²) in [5, 5.41) is 12.5. The van der Waals surface area contributed by atoms with Crippen LogP contribution in [0.2, 0.25) is 0 Å². The van der Waals surface area contributed by atoms with E-state index in [1.54, 1.807) is 0 Å². The Morgan fingerprint density at radius 3 is 1.61 bits per heavy atom. The second kappa shape index (κ2) is 12.2. The van der Waals surface area contributed by atoms with Crippen LogP contribution in [0.15, 0.2) is 206 Å². The first-order valence-corrected chi connectivity index (χ1v) is 18.6. The van der Waals surface area contributed by atoms with Gasteiger partial charge in [0.1, 0.15) is 0 Å². The van der Waals surface area contributed by atoms with Crippen molar-refractivity contribution in [1.29, 1.82) is 0 Å². The van der Waals surface area contributed by atoms with Gasteiger partial charge in [-0.15, -0.1) is 0 Å². The molecule has 0 radical (unpaired) electrons. The number of nitrogens with zero attached hydrogens (tertiary/aromatic N) is 2. The lowest BCUT2D eigenvalue weighted by atomic mass is 9.94. The van der Waals surface area contributed by atoms with Crippen LogP contribution in [0.3, 0.4) is 0 Å². The van der Waals surface area contributed by atoms with Crippen molar-refractivity contribution in [2.75, 3.05) is 4.90 Å². The van der Waals surface area contributed by atoms with Crippen molar-refractivity contribution >= 4 is 82.0 Å². The van der Waals surface area contributed by atoms with Crippen LogP contribution in [0.1, 0.15) is 0 Å². The van der Waals surface area contributed by atoms with Crippen LogP contribution in [0.25, 0.3) is 81.7 Å². The van der Waals surface area contributed by atoms with Gasteiger partial charge in [0, 0.05) is 33.5 Å². The first kappa shape index (κ1) is 30.5. The minimum absolute atomic E-state index is 1.11. The van der Waals surface area contributed by atoms with Crippen LogP contribution in [0.5, 0.6) is 0 Å². The lowest BCUT2D eigenvalue weighted by molar-refractivity contribution is 1.18. The van der Waals surface area contributed by atoms with Gasteiger partial charge in [0.05, 0.1) is 11.0 Å². The van der Waals surface area contributed by atoms with E-state index in [1.807, 2.05) is 0 Å². The van der Waals surface area contributed by atoms with E-state index in [2.05, 4.69) is 216 Å². The Hall–Kier alpha value is -7.16. The SMILES string of the molecule is c1ccc(-n2c3ccccc3c3cc(N(c4ccc(-c5cccc6c5ccc5ccccc56)cc4)c4ccc5ccc6ccccc6c5c4)ccc32)cc1. The summed E-state index contributed by atoms with van der Waals surface area (Å²) in [6, 6.07) is 75.3. The third kappa shape index (κ3) is 4.81. The van der Waals surface area contributed by atoms with Gasteiger partial charge in [-0.25, -0.2) is 0 Å². The van der Waals surface area contributed by atoms with Crippen LogP contribution in [-0.2, 0) is 0 Å². The fourth-order valence-corrected chi connectivity index (χ4v) is 8.61. The molecule has 0 aliphatic carbocycles. The summed E-state index contributed by atoms with van der Waals surface area (Å²) < 4.78 is 2.38. The molecule has 0 saturated heterocycles. The molecule has 0 saturated carbocycles. The lowest BCUT2D eigenvalue weighted by Gasteiger charge is -2.26. The molecule has 0 aliphatic heterocycles. The van der Waals surface area contributed by atoms with Crippen LogP contribution in [-0.4, -0.2) is 4.57 Å². The molecule has 0 fully saturated rings. The molecule has 1 aromatic heterocycles. The van der Waals surface area contributed by atoms with Crippen LogP contribution in [0, 0.1) is 0 Å². The standard InChI is InChI=1S/C52H34N2/c1-2-13-39(14-3-1)54-51-20-9-8-17-48(51)50-34-42(30-32-52(50)54)53(41-29-25-38-22-21-35-11-5-7-16-45(35)49(38)33-41)40-27-23-37(24-28-40)44-18-10-19-46-43-15-6-4-12-36(43)26-31-47(44)46/h1-34H. The quantitative estimate of drug-likeness (QED) is 0.164. The van der Waals surface area contributed by atoms with Crippen molar-refractivity contribution in [1.82, 2.24) is 4.57 Å². The Kier molecular flexibility index (Phi) is 6.90. The van der Waals surface area contributed by atoms with E-state index >= 15 is 0 Å². The molecular weight excluding hydrogens is 653 g/mol. The molecule has 2 heteroatoms. The average molecular weight is 687 g/mol. The van der Waals surface area contributed by atoms with Gasteiger partial charge in [-0.2, -0.15) is 0 Å². The van der Waals surface area contributed by atoms with Gasteiger partial charge in [0.15, 0.2) is 0 Å². The van der Waals surface area contributed by atoms with E-state index in [-0.39, 0.29) is 0 Å². The second-order valence-corrected chi connectivity index (χ2v) is 14.2. The largest absolute Gasteiger partial charge is 0.310 e. The zero-order valence-corrected chi connectivity index (χ0v) is 29.5. The smallest absolute Gasteiger partial charge is 0.0542 e. The summed E-state index contributed by atoms with van der Waals surface area (Å²) in [4.78, 5) is 2.41. The van der Waals surface area contributed by atoms with E-state index < -0.39 is 0 Å². The lowest BCUT2D eigenvalue weighted by Crippen LogP contribution is -2.10. The summed E-state index contributed by atoms with van der Waals surface area (Å²) in [7, 11) is 0. The van der Waals surface area contributed by atoms with Gasteiger partial charge in [0.25, 0.3) is 0 Å². The number of benzene rings is 10. The first-order valence-electron chi connectivity index (χ1n) is 18.6. The predicted octanol–water partition coefficient (Wildman–Crippen LogP) is 14.5. The van der Waals surface area contributed by atoms with E-state index in [9.17, 15) is 0 Å². The Morgan fingerprint density at radius 1 is 0.296 bits per heavy atom. The van der Waals surface area contributed by atoms with E-state index in [1.165, 1.54) is 76.0 Å². The number of hydrogen-bond donors (Lipinski definition) is 0. The monoisotopic (exact) mass is 686 g/mol.